The minimum Gasteiger partial charge on any atom is -0.468 e. The Bertz CT molecular complexity index is 2650. The van der Waals surface area contributed by atoms with E-state index in [1.54, 1.807) is 0 Å². The molecule has 0 bridgehead atoms. The molecule has 9 rings (SSSR count). The summed E-state index contributed by atoms with van der Waals surface area (Å²) in [5.74, 6) is 0. The normalized spacial score (nSPS) is 16.9. The Kier molecular flexibility index (Phi) is 8.31. The zero-order valence-corrected chi connectivity index (χ0v) is 37.9. The Morgan fingerprint density at radius 3 is 1.76 bits per heavy atom. The molecule has 0 atom stereocenters. The number of hydrogen-bond acceptors (Lipinski definition) is 3. The van der Waals surface area contributed by atoms with Crippen LogP contribution in [0.5, 0.6) is 0 Å². The maximum absolute atomic E-state index is 7.34. The minimum atomic E-state index is -0.0808. The average molecular weight is 767 g/mol. The van der Waals surface area contributed by atoms with Crippen LogP contribution in [0.1, 0.15) is 142 Å². The number of furan rings is 1. The summed E-state index contributed by atoms with van der Waals surface area (Å²) in [5.41, 5.74) is 21.6. The topological polar surface area (TPSA) is 19.6 Å². The molecule has 6 aromatic rings. The number of anilines is 6. The molecule has 0 spiro atoms. The molecule has 1 aromatic heterocycles. The van der Waals surface area contributed by atoms with Gasteiger partial charge in [-0.25, -0.2) is 0 Å². The van der Waals surface area contributed by atoms with E-state index < -0.39 is 0 Å². The molecule has 5 aromatic carbocycles. The summed E-state index contributed by atoms with van der Waals surface area (Å²) in [7, 11) is 0. The molecular formula is C54H63BN2O. The second-order valence-electron chi connectivity index (χ2n) is 22.3. The zero-order valence-electron chi connectivity index (χ0n) is 37.9. The molecule has 0 radical (unpaired) electrons. The van der Waals surface area contributed by atoms with Crippen molar-refractivity contribution >= 4 is 68.4 Å². The van der Waals surface area contributed by atoms with Crippen LogP contribution in [0.3, 0.4) is 0 Å². The summed E-state index contributed by atoms with van der Waals surface area (Å²) >= 11 is 0. The molecule has 0 fully saturated rings. The van der Waals surface area contributed by atoms with Gasteiger partial charge in [-0.2, -0.15) is 0 Å². The van der Waals surface area contributed by atoms with Crippen LogP contribution in [0.25, 0.3) is 11.0 Å². The first-order chi connectivity index (χ1) is 27.0. The highest BCUT2D eigenvalue weighted by Crippen LogP contribution is 2.54. The summed E-state index contributed by atoms with van der Waals surface area (Å²) in [5, 5.41) is 1.18. The van der Waals surface area contributed by atoms with Gasteiger partial charge in [-0.3, -0.25) is 0 Å². The van der Waals surface area contributed by atoms with E-state index >= 15 is 0 Å². The van der Waals surface area contributed by atoms with Gasteiger partial charge < -0.3 is 14.2 Å². The molecule has 298 valence electrons. The molecular weight excluding hydrogens is 703 g/mol. The SMILES string of the molecule is Cc1cc2c3c(c1)N(c1ccc(C(C)(C)C)cc1C)c1c(oc4ccc(C(C)(C)C)cc14)B3c1ccc3c(c1N2c1ccc(C(C)(C)C)cc1)C(C)(C)CCC3(C)C. The van der Waals surface area contributed by atoms with Crippen molar-refractivity contribution < 1.29 is 4.42 Å². The number of fused-ring (bicyclic) bond motifs is 8. The second-order valence-corrected chi connectivity index (χ2v) is 22.3. The Balaban J connectivity index is 1.43. The fourth-order valence-electron chi connectivity index (χ4n) is 10.3. The number of benzene rings is 5. The van der Waals surface area contributed by atoms with E-state index in [0.717, 1.165) is 17.7 Å². The van der Waals surface area contributed by atoms with Gasteiger partial charge in [0.25, 0.3) is 6.71 Å². The number of hydrogen-bond donors (Lipinski definition) is 0. The standard InChI is InChI=1S/C54H63BN2O/c1-32-28-42-46-43(29-32)57(41-24-18-35(30-33(41)2)51(6,7)8)47-38-31-36(52(9,10)11)19-25-44(38)58-49(47)55(46)40-23-22-39-45(54(14,15)27-26-53(39,12)13)48(40)56(42)37-20-16-34(17-21-37)50(3,4)5/h16-25,28-31H,26-27H2,1-15H3. The van der Waals surface area contributed by atoms with Crippen molar-refractivity contribution in [1.29, 1.82) is 0 Å². The first-order valence-electron chi connectivity index (χ1n) is 21.7. The Morgan fingerprint density at radius 1 is 0.569 bits per heavy atom. The first kappa shape index (κ1) is 38.8. The van der Waals surface area contributed by atoms with E-state index in [1.165, 1.54) is 95.8 Å². The van der Waals surface area contributed by atoms with Crippen LogP contribution in [0.4, 0.5) is 34.1 Å². The van der Waals surface area contributed by atoms with Crippen molar-refractivity contribution in [1.82, 2.24) is 0 Å². The van der Waals surface area contributed by atoms with Gasteiger partial charge in [-0.05, 0) is 146 Å². The summed E-state index contributed by atoms with van der Waals surface area (Å²) in [6.45, 7) is 35.1. The van der Waals surface area contributed by atoms with Crippen LogP contribution < -0.4 is 26.4 Å². The monoisotopic (exact) mass is 767 g/mol. The van der Waals surface area contributed by atoms with E-state index in [2.05, 4.69) is 199 Å². The summed E-state index contributed by atoms with van der Waals surface area (Å²) < 4.78 is 7.34. The van der Waals surface area contributed by atoms with Crippen LogP contribution in [-0.2, 0) is 27.1 Å². The predicted molar refractivity (Wildman–Crippen MR) is 251 cm³/mol. The quantitative estimate of drug-likeness (QED) is 0.163. The van der Waals surface area contributed by atoms with Crippen LogP contribution >= 0.6 is 0 Å². The van der Waals surface area contributed by atoms with Gasteiger partial charge in [0, 0.05) is 33.8 Å². The molecule has 3 aliphatic rings. The maximum atomic E-state index is 7.34. The summed E-state index contributed by atoms with van der Waals surface area (Å²) in [4.78, 5) is 5.21. The molecule has 0 saturated carbocycles. The van der Waals surface area contributed by atoms with Gasteiger partial charge in [-0.1, -0.05) is 132 Å². The highest BCUT2D eigenvalue weighted by Gasteiger charge is 2.50. The van der Waals surface area contributed by atoms with Gasteiger partial charge in [0.15, 0.2) is 0 Å². The first-order valence-corrected chi connectivity index (χ1v) is 21.7. The lowest BCUT2D eigenvalue weighted by Gasteiger charge is -2.49. The third-order valence-corrected chi connectivity index (χ3v) is 13.9. The minimum absolute atomic E-state index is 0.0122. The molecule has 1 aliphatic carbocycles. The Labute approximate surface area is 348 Å². The van der Waals surface area contributed by atoms with Gasteiger partial charge in [-0.15, -0.1) is 0 Å². The van der Waals surface area contributed by atoms with Gasteiger partial charge >= 0.3 is 0 Å². The molecule has 0 unspecified atom stereocenters. The number of nitrogens with zero attached hydrogens (tertiary/aromatic N) is 2. The summed E-state index contributed by atoms with van der Waals surface area (Å²) in [6, 6.07) is 33.3. The Morgan fingerprint density at radius 2 is 1.14 bits per heavy atom. The average Bonchev–Trinajstić information content (AvgIpc) is 3.51. The fourth-order valence-corrected chi connectivity index (χ4v) is 10.3. The molecule has 2 aliphatic heterocycles. The molecule has 0 N–H and O–H groups in total. The van der Waals surface area contributed by atoms with Crippen LogP contribution in [0, 0.1) is 13.8 Å². The van der Waals surface area contributed by atoms with Crippen LogP contribution in [0.2, 0.25) is 0 Å². The highest BCUT2D eigenvalue weighted by molar-refractivity contribution is 7.00. The predicted octanol–water partition coefficient (Wildman–Crippen LogP) is 13.4. The number of aryl methyl sites for hydroxylation is 2. The third-order valence-electron chi connectivity index (χ3n) is 13.9. The van der Waals surface area contributed by atoms with Gasteiger partial charge in [0.1, 0.15) is 5.58 Å². The van der Waals surface area contributed by atoms with Crippen molar-refractivity contribution in [3.05, 3.63) is 124 Å². The molecule has 4 heteroatoms. The van der Waals surface area contributed by atoms with Crippen molar-refractivity contribution in [2.75, 3.05) is 9.80 Å². The third kappa shape index (κ3) is 5.82. The Hall–Kier alpha value is -4.70. The molecule has 58 heavy (non-hydrogen) atoms. The van der Waals surface area contributed by atoms with Crippen molar-refractivity contribution in [3.63, 3.8) is 0 Å². The van der Waals surface area contributed by atoms with E-state index in [4.69, 9.17) is 4.42 Å². The molecule has 3 nitrogen and oxygen atoms in total. The van der Waals surface area contributed by atoms with Crippen molar-refractivity contribution in [2.24, 2.45) is 0 Å². The lowest BCUT2D eigenvalue weighted by Crippen LogP contribution is -2.61. The number of rotatable bonds is 2. The molecule has 3 heterocycles. The molecule has 0 amide bonds. The summed E-state index contributed by atoms with van der Waals surface area (Å²) in [6.07, 6.45) is 2.31. The van der Waals surface area contributed by atoms with Crippen LogP contribution in [0.15, 0.2) is 89.3 Å². The largest absolute Gasteiger partial charge is 0.468 e. The smallest absolute Gasteiger partial charge is 0.297 e. The van der Waals surface area contributed by atoms with Crippen LogP contribution in [-0.4, -0.2) is 6.71 Å². The lowest BCUT2D eigenvalue weighted by molar-refractivity contribution is 0.333. The van der Waals surface area contributed by atoms with E-state index in [1.807, 2.05) is 0 Å². The van der Waals surface area contributed by atoms with Crippen molar-refractivity contribution in [3.8, 4) is 0 Å². The van der Waals surface area contributed by atoms with E-state index in [0.29, 0.717) is 0 Å². The van der Waals surface area contributed by atoms with Gasteiger partial charge in [0.2, 0.25) is 0 Å². The zero-order chi connectivity index (χ0) is 41.6. The van der Waals surface area contributed by atoms with E-state index in [-0.39, 0.29) is 33.8 Å². The maximum Gasteiger partial charge on any atom is 0.297 e. The second kappa shape index (κ2) is 12.4. The van der Waals surface area contributed by atoms with Gasteiger partial charge in [0.05, 0.1) is 11.3 Å². The molecule has 0 saturated heterocycles. The lowest BCUT2D eigenvalue weighted by atomic mass is 9.35. The van der Waals surface area contributed by atoms with E-state index in [9.17, 15) is 0 Å². The van der Waals surface area contributed by atoms with Crippen molar-refractivity contribution in [2.45, 2.75) is 144 Å². The fraction of sp³-hybridized carbons (Fsp3) is 0.407. The highest BCUT2D eigenvalue weighted by atomic mass is 16.3.